The quantitative estimate of drug-likeness (QED) is 0.215. The Balaban J connectivity index is 4.48. The number of rotatable bonds is 10. The molecule has 2 amide bonds. The SMILES string of the molecule is C[C@@H](OC(=O)[C@H](CCCNC(=O)CO)NC(=O)CO)C(=O)O. The summed E-state index contributed by atoms with van der Waals surface area (Å²) in [6, 6.07) is -1.15. The largest absolute Gasteiger partial charge is 0.479 e. The van der Waals surface area contributed by atoms with Crippen molar-refractivity contribution in [3.63, 3.8) is 0 Å². The summed E-state index contributed by atoms with van der Waals surface area (Å²) in [6.45, 7) is -0.193. The van der Waals surface area contributed by atoms with E-state index in [1.165, 1.54) is 0 Å². The Bertz CT molecular complexity index is 412. The van der Waals surface area contributed by atoms with Crippen LogP contribution in [-0.2, 0) is 23.9 Å². The van der Waals surface area contributed by atoms with E-state index in [0.29, 0.717) is 0 Å². The van der Waals surface area contributed by atoms with E-state index >= 15 is 0 Å². The van der Waals surface area contributed by atoms with Crippen LogP contribution >= 0.6 is 0 Å². The topological polar surface area (TPSA) is 162 Å². The van der Waals surface area contributed by atoms with E-state index in [2.05, 4.69) is 15.4 Å². The van der Waals surface area contributed by atoms with Crippen molar-refractivity contribution < 1.29 is 39.2 Å². The van der Waals surface area contributed by atoms with Crippen molar-refractivity contribution in [2.24, 2.45) is 0 Å². The lowest BCUT2D eigenvalue weighted by Crippen LogP contribution is -2.45. The molecule has 10 nitrogen and oxygen atoms in total. The number of nitrogens with one attached hydrogen (secondary N) is 2. The van der Waals surface area contributed by atoms with Crippen LogP contribution in [0.4, 0.5) is 0 Å². The lowest BCUT2D eigenvalue weighted by Gasteiger charge is -2.18. The summed E-state index contributed by atoms with van der Waals surface area (Å²) in [7, 11) is 0. The number of carbonyl (C=O) groups excluding carboxylic acids is 3. The number of esters is 1. The van der Waals surface area contributed by atoms with Gasteiger partial charge in [0.1, 0.15) is 19.3 Å². The van der Waals surface area contributed by atoms with Gasteiger partial charge in [0.15, 0.2) is 6.10 Å². The van der Waals surface area contributed by atoms with Gasteiger partial charge in [-0.15, -0.1) is 0 Å². The molecule has 2 atom stereocenters. The molecular formula is C12H20N2O8. The Morgan fingerprint density at radius 2 is 1.68 bits per heavy atom. The van der Waals surface area contributed by atoms with Gasteiger partial charge in [-0.05, 0) is 19.8 Å². The second-order valence-corrected chi connectivity index (χ2v) is 4.35. The molecule has 0 aliphatic carbocycles. The van der Waals surface area contributed by atoms with Crippen LogP contribution in [0.1, 0.15) is 19.8 Å². The zero-order chi connectivity index (χ0) is 17.1. The molecule has 0 bridgehead atoms. The van der Waals surface area contributed by atoms with Crippen LogP contribution in [0.25, 0.3) is 0 Å². The molecule has 0 spiro atoms. The van der Waals surface area contributed by atoms with Gasteiger partial charge in [0, 0.05) is 6.54 Å². The predicted molar refractivity (Wildman–Crippen MR) is 71.5 cm³/mol. The van der Waals surface area contributed by atoms with Crippen LogP contribution < -0.4 is 10.6 Å². The minimum absolute atomic E-state index is 0.0582. The first kappa shape index (κ1) is 19.8. The van der Waals surface area contributed by atoms with Crippen molar-refractivity contribution in [2.75, 3.05) is 19.8 Å². The molecule has 22 heavy (non-hydrogen) atoms. The molecule has 0 aromatic carbocycles. The first-order valence-electron chi connectivity index (χ1n) is 6.52. The van der Waals surface area contributed by atoms with Crippen LogP contribution in [0.5, 0.6) is 0 Å². The van der Waals surface area contributed by atoms with E-state index in [1.807, 2.05) is 0 Å². The average Bonchev–Trinajstić information content (AvgIpc) is 2.49. The third-order valence-electron chi connectivity index (χ3n) is 2.54. The van der Waals surface area contributed by atoms with E-state index in [4.69, 9.17) is 15.3 Å². The Hall–Kier alpha value is -2.20. The number of carboxylic acid groups (broad SMARTS) is 1. The van der Waals surface area contributed by atoms with E-state index in [-0.39, 0.29) is 19.4 Å². The molecule has 5 N–H and O–H groups in total. The normalized spacial score (nSPS) is 12.9. The summed E-state index contributed by atoms with van der Waals surface area (Å²) in [6.07, 6.45) is -1.06. The summed E-state index contributed by atoms with van der Waals surface area (Å²) >= 11 is 0. The summed E-state index contributed by atoms with van der Waals surface area (Å²) in [5, 5.41) is 30.4. The molecule has 0 rings (SSSR count). The fourth-order valence-electron chi connectivity index (χ4n) is 1.39. The van der Waals surface area contributed by atoms with Gasteiger partial charge in [-0.3, -0.25) is 9.59 Å². The molecule has 126 valence electrons. The predicted octanol–water partition coefficient (Wildman–Crippen LogP) is -2.63. The highest BCUT2D eigenvalue weighted by Crippen LogP contribution is 2.03. The van der Waals surface area contributed by atoms with Gasteiger partial charge in [-0.2, -0.15) is 0 Å². The van der Waals surface area contributed by atoms with E-state index in [0.717, 1.165) is 6.92 Å². The molecule has 0 heterocycles. The third kappa shape index (κ3) is 8.17. The fraction of sp³-hybridized carbons (Fsp3) is 0.667. The summed E-state index contributed by atoms with van der Waals surface area (Å²) in [5.74, 6) is -3.69. The zero-order valence-corrected chi connectivity index (χ0v) is 12.1. The second-order valence-electron chi connectivity index (χ2n) is 4.35. The average molecular weight is 320 g/mol. The number of hydrogen-bond acceptors (Lipinski definition) is 7. The molecule has 10 heteroatoms. The number of hydrogen-bond donors (Lipinski definition) is 5. The summed E-state index contributed by atoms with van der Waals surface area (Å²) in [4.78, 5) is 44.4. The standard InChI is InChI=1S/C12H20N2O8/c1-7(11(19)20)22-12(21)8(14-10(18)6-16)3-2-4-13-9(17)5-15/h7-8,15-16H,2-6H2,1H3,(H,13,17)(H,14,18)(H,19,20)/t7-,8+/m1/s1. The zero-order valence-electron chi connectivity index (χ0n) is 12.1. The van der Waals surface area contributed by atoms with Crippen molar-refractivity contribution in [1.29, 1.82) is 0 Å². The lowest BCUT2D eigenvalue weighted by atomic mass is 10.1. The molecule has 0 saturated heterocycles. The maximum absolute atomic E-state index is 11.8. The molecule has 0 aliphatic rings. The van der Waals surface area contributed by atoms with Gasteiger partial charge >= 0.3 is 11.9 Å². The highest BCUT2D eigenvalue weighted by Gasteiger charge is 2.25. The van der Waals surface area contributed by atoms with Crippen molar-refractivity contribution in [3.8, 4) is 0 Å². The first-order chi connectivity index (χ1) is 10.3. The Labute approximate surface area is 126 Å². The highest BCUT2D eigenvalue weighted by atomic mass is 16.6. The molecule has 0 aromatic rings. The Morgan fingerprint density at radius 1 is 1.09 bits per heavy atom. The smallest absolute Gasteiger partial charge is 0.344 e. The maximum atomic E-state index is 11.8. The first-order valence-corrected chi connectivity index (χ1v) is 6.52. The van der Waals surface area contributed by atoms with Crippen LogP contribution in [0.2, 0.25) is 0 Å². The van der Waals surface area contributed by atoms with Crippen molar-refractivity contribution in [3.05, 3.63) is 0 Å². The van der Waals surface area contributed by atoms with Gasteiger partial charge in [0.05, 0.1) is 0 Å². The lowest BCUT2D eigenvalue weighted by molar-refractivity contribution is -0.164. The maximum Gasteiger partial charge on any atom is 0.344 e. The van der Waals surface area contributed by atoms with E-state index in [1.54, 1.807) is 0 Å². The number of amides is 2. The van der Waals surface area contributed by atoms with Crippen LogP contribution in [0.15, 0.2) is 0 Å². The van der Waals surface area contributed by atoms with Crippen LogP contribution in [0.3, 0.4) is 0 Å². The molecule has 0 unspecified atom stereocenters. The number of aliphatic carboxylic acids is 1. The van der Waals surface area contributed by atoms with E-state index in [9.17, 15) is 19.2 Å². The number of ether oxygens (including phenoxy) is 1. The van der Waals surface area contributed by atoms with Gasteiger partial charge in [-0.25, -0.2) is 9.59 Å². The van der Waals surface area contributed by atoms with E-state index < -0.39 is 49.1 Å². The third-order valence-corrected chi connectivity index (χ3v) is 2.54. The van der Waals surface area contributed by atoms with Gasteiger partial charge in [-0.1, -0.05) is 0 Å². The van der Waals surface area contributed by atoms with Gasteiger partial charge < -0.3 is 30.7 Å². The summed E-state index contributed by atoms with van der Waals surface area (Å²) < 4.78 is 4.66. The molecule has 0 fully saturated rings. The molecule has 0 aromatic heterocycles. The van der Waals surface area contributed by atoms with Crippen LogP contribution in [-0.4, -0.2) is 71.0 Å². The number of aliphatic hydroxyl groups is 2. The fourth-order valence-corrected chi connectivity index (χ4v) is 1.39. The van der Waals surface area contributed by atoms with Crippen LogP contribution in [0, 0.1) is 0 Å². The number of carbonyl (C=O) groups is 4. The second kappa shape index (κ2) is 10.5. The highest BCUT2D eigenvalue weighted by molar-refractivity contribution is 5.86. The van der Waals surface area contributed by atoms with Crippen molar-refractivity contribution in [2.45, 2.75) is 31.9 Å². The number of carboxylic acids is 1. The molecule has 0 saturated carbocycles. The van der Waals surface area contributed by atoms with Gasteiger partial charge in [0.2, 0.25) is 11.8 Å². The number of aliphatic hydroxyl groups excluding tert-OH is 2. The minimum atomic E-state index is -1.38. The molecular weight excluding hydrogens is 300 g/mol. The van der Waals surface area contributed by atoms with Gasteiger partial charge in [0.25, 0.3) is 0 Å². The van der Waals surface area contributed by atoms with Crippen molar-refractivity contribution in [1.82, 2.24) is 10.6 Å². The van der Waals surface area contributed by atoms with Crippen molar-refractivity contribution >= 4 is 23.8 Å². The Morgan fingerprint density at radius 3 is 2.18 bits per heavy atom. The minimum Gasteiger partial charge on any atom is -0.479 e. The monoisotopic (exact) mass is 320 g/mol. The molecule has 0 radical (unpaired) electrons. The molecule has 0 aliphatic heterocycles. The Kier molecular flexibility index (Phi) is 9.46. The summed E-state index contributed by atoms with van der Waals surface area (Å²) in [5.41, 5.74) is 0.